The number of aromatic nitrogens is 4. The third kappa shape index (κ3) is 4.30. The van der Waals surface area contributed by atoms with Crippen LogP contribution in [0, 0.1) is 0 Å². The number of hydrogen-bond acceptors (Lipinski definition) is 5. The number of nitrogens with zero attached hydrogens (tertiary/aromatic N) is 4. The summed E-state index contributed by atoms with van der Waals surface area (Å²) in [5.74, 6) is 1.46. The van der Waals surface area contributed by atoms with E-state index in [-0.39, 0.29) is 29.7 Å². The Labute approximate surface area is 302 Å². The number of hydrogen-bond donors (Lipinski definition) is 0. The fraction of sp³-hybridized carbons (Fsp3) is 0. The molecule has 0 radical (unpaired) electrons. The fourth-order valence-electron chi connectivity index (χ4n) is 7.34. The largest absolute Gasteiger partial charge is 0.456 e. The predicted octanol–water partition coefficient (Wildman–Crippen LogP) is 12.2. The zero-order valence-electron chi connectivity index (χ0n) is 31.7. The highest BCUT2D eigenvalue weighted by Gasteiger charge is 2.22. The zero-order valence-corrected chi connectivity index (χ0v) is 27.5. The van der Waals surface area contributed by atoms with Crippen LogP contribution in [-0.2, 0) is 0 Å². The average Bonchev–Trinajstić information content (AvgIpc) is 3.92. The average molecular weight is 676 g/mol. The molecule has 0 spiro atoms. The van der Waals surface area contributed by atoms with Crippen molar-refractivity contribution in [1.82, 2.24) is 19.5 Å². The molecule has 4 aromatic heterocycles. The third-order valence-corrected chi connectivity index (χ3v) is 10.7. The molecule has 0 aliphatic heterocycles. The molecule has 0 bridgehead atoms. The van der Waals surface area contributed by atoms with Gasteiger partial charge in [0.25, 0.3) is 0 Å². The molecule has 0 saturated carbocycles. The van der Waals surface area contributed by atoms with E-state index < -0.39 is 6.04 Å². The van der Waals surface area contributed by atoms with Crippen molar-refractivity contribution in [2.24, 2.45) is 0 Å². The van der Waals surface area contributed by atoms with E-state index in [4.69, 9.17) is 26.2 Å². The standard InChI is InChI=1S/C45H26N4OS/c1-3-12-27(13-4-1)30-18-11-20-36-40(30)33-23-22-29(26-37(33)50-36)44-46-43(28-14-5-2-6-15-28)47-45(48-44)49-35-19-9-7-16-31(35)32-24-25-39-41(42(32)49)34-17-8-10-21-38(34)51-39/h1-26H/i1D,3D,4D,12D,13D. The molecule has 11 aromatic rings. The molecule has 0 amide bonds. The van der Waals surface area contributed by atoms with E-state index in [1.165, 1.54) is 14.8 Å². The van der Waals surface area contributed by atoms with E-state index in [2.05, 4.69) is 59.2 Å². The Kier molecular flexibility index (Phi) is 5.08. The van der Waals surface area contributed by atoms with Crippen molar-refractivity contribution in [1.29, 1.82) is 0 Å². The minimum atomic E-state index is -0.432. The molecule has 0 fully saturated rings. The number of para-hydroxylation sites is 1. The number of benzene rings is 7. The van der Waals surface area contributed by atoms with Gasteiger partial charge in [-0.2, -0.15) is 9.97 Å². The van der Waals surface area contributed by atoms with Gasteiger partial charge in [-0.15, -0.1) is 11.3 Å². The second-order valence-corrected chi connectivity index (χ2v) is 13.5. The van der Waals surface area contributed by atoms with Crippen molar-refractivity contribution in [2.75, 3.05) is 0 Å². The highest BCUT2D eigenvalue weighted by molar-refractivity contribution is 7.26. The number of rotatable bonds is 4. The number of furan rings is 1. The highest BCUT2D eigenvalue weighted by Crippen LogP contribution is 2.43. The van der Waals surface area contributed by atoms with Crippen LogP contribution in [0.3, 0.4) is 0 Å². The van der Waals surface area contributed by atoms with Crippen LogP contribution in [-0.4, -0.2) is 19.5 Å². The summed E-state index contributed by atoms with van der Waals surface area (Å²) in [5.41, 5.74) is 5.26. The molecule has 51 heavy (non-hydrogen) atoms. The van der Waals surface area contributed by atoms with Crippen molar-refractivity contribution < 1.29 is 11.3 Å². The molecule has 238 valence electrons. The first-order chi connectivity index (χ1) is 27.4. The highest BCUT2D eigenvalue weighted by atomic mass is 32.1. The van der Waals surface area contributed by atoms with Gasteiger partial charge in [-0.3, -0.25) is 4.57 Å². The Bertz CT molecular complexity index is 3420. The van der Waals surface area contributed by atoms with Gasteiger partial charge in [0.15, 0.2) is 11.6 Å². The lowest BCUT2D eigenvalue weighted by molar-refractivity contribution is 0.669. The molecule has 0 saturated heterocycles. The zero-order chi connectivity index (χ0) is 37.8. The summed E-state index contributed by atoms with van der Waals surface area (Å²) < 4.78 is 53.0. The summed E-state index contributed by atoms with van der Waals surface area (Å²) in [6.07, 6.45) is 0. The maximum Gasteiger partial charge on any atom is 0.238 e. The first-order valence-corrected chi connectivity index (χ1v) is 17.4. The number of thiophene rings is 1. The first-order valence-electron chi connectivity index (χ1n) is 19.0. The second kappa shape index (κ2) is 10.9. The third-order valence-electron chi connectivity index (χ3n) is 9.55. The molecule has 0 atom stereocenters. The number of fused-ring (bicyclic) bond motifs is 10. The van der Waals surface area contributed by atoms with Crippen molar-refractivity contribution in [2.45, 2.75) is 0 Å². The van der Waals surface area contributed by atoms with E-state index in [1.54, 1.807) is 23.5 Å². The first kappa shape index (κ1) is 23.7. The van der Waals surface area contributed by atoms with Crippen LogP contribution in [0.2, 0.25) is 0 Å². The van der Waals surface area contributed by atoms with Gasteiger partial charge in [0.05, 0.1) is 17.9 Å². The Balaban J connectivity index is 1.17. The summed E-state index contributed by atoms with van der Waals surface area (Å²) in [4.78, 5) is 15.4. The molecule has 0 aliphatic rings. The van der Waals surface area contributed by atoms with Gasteiger partial charge in [-0.25, -0.2) is 4.98 Å². The van der Waals surface area contributed by atoms with Gasteiger partial charge < -0.3 is 4.42 Å². The van der Waals surface area contributed by atoms with E-state index >= 15 is 0 Å². The Morgan fingerprint density at radius 2 is 1.29 bits per heavy atom. The van der Waals surface area contributed by atoms with Crippen LogP contribution in [0.15, 0.2) is 162 Å². The van der Waals surface area contributed by atoms with Gasteiger partial charge in [0.2, 0.25) is 5.95 Å². The van der Waals surface area contributed by atoms with E-state index in [1.807, 2.05) is 60.7 Å². The lowest BCUT2D eigenvalue weighted by Gasteiger charge is -2.11. The fourth-order valence-corrected chi connectivity index (χ4v) is 8.45. The molecule has 11 rings (SSSR count). The summed E-state index contributed by atoms with van der Waals surface area (Å²) in [6, 6.07) is 40.5. The molecule has 7 aromatic carbocycles. The normalized spacial score (nSPS) is 13.3. The molecular formula is C45H26N4OS. The summed E-state index contributed by atoms with van der Waals surface area (Å²) in [6.45, 7) is 0. The molecule has 5 nitrogen and oxygen atoms in total. The minimum Gasteiger partial charge on any atom is -0.456 e. The van der Waals surface area contributed by atoms with E-state index in [9.17, 15) is 0 Å². The van der Waals surface area contributed by atoms with E-state index in [0.717, 1.165) is 38.1 Å². The molecule has 4 heterocycles. The van der Waals surface area contributed by atoms with Gasteiger partial charge in [-0.05, 0) is 47.5 Å². The van der Waals surface area contributed by atoms with Crippen LogP contribution in [0.4, 0.5) is 0 Å². The second-order valence-electron chi connectivity index (χ2n) is 12.4. The minimum absolute atomic E-state index is 0.127. The van der Waals surface area contributed by atoms with Crippen molar-refractivity contribution in [3.05, 3.63) is 158 Å². The molecule has 0 aliphatic carbocycles. The van der Waals surface area contributed by atoms with Crippen molar-refractivity contribution >= 4 is 75.3 Å². The van der Waals surface area contributed by atoms with Crippen LogP contribution >= 0.6 is 11.3 Å². The lowest BCUT2D eigenvalue weighted by Crippen LogP contribution is -2.06. The van der Waals surface area contributed by atoms with Gasteiger partial charge in [0.1, 0.15) is 11.2 Å². The maximum atomic E-state index is 8.67. The van der Waals surface area contributed by atoms with Gasteiger partial charge >= 0.3 is 0 Å². The SMILES string of the molecule is [2H]c1c([2H])c([2H])c(-c2cccc3oc4cc(-c5nc(-c6ccccc6)nc(-n6c7ccccc7c7ccc8sc9ccccc9c8c76)n5)ccc4c23)c([2H])c1[2H]. The monoisotopic (exact) mass is 675 g/mol. The van der Waals surface area contributed by atoms with Crippen LogP contribution in [0.25, 0.3) is 104 Å². The molecule has 6 heteroatoms. The summed E-state index contributed by atoms with van der Waals surface area (Å²) in [7, 11) is 0. The maximum absolute atomic E-state index is 8.67. The Morgan fingerprint density at radius 3 is 2.18 bits per heavy atom. The van der Waals surface area contributed by atoms with Crippen molar-refractivity contribution in [3.63, 3.8) is 0 Å². The van der Waals surface area contributed by atoms with Crippen LogP contribution in [0.1, 0.15) is 6.85 Å². The Hall–Kier alpha value is -6.63. The topological polar surface area (TPSA) is 56.7 Å². The molecule has 0 unspecified atom stereocenters. The Morgan fingerprint density at radius 1 is 0.529 bits per heavy atom. The predicted molar refractivity (Wildman–Crippen MR) is 211 cm³/mol. The van der Waals surface area contributed by atoms with Crippen LogP contribution in [0.5, 0.6) is 0 Å². The quantitative estimate of drug-likeness (QED) is 0.186. The molecular weight excluding hydrogens is 645 g/mol. The van der Waals surface area contributed by atoms with E-state index in [0.29, 0.717) is 45.3 Å². The smallest absolute Gasteiger partial charge is 0.238 e. The van der Waals surface area contributed by atoms with Crippen LogP contribution < -0.4 is 0 Å². The molecule has 0 N–H and O–H groups in total. The van der Waals surface area contributed by atoms with Gasteiger partial charge in [-0.1, -0.05) is 121 Å². The lowest BCUT2D eigenvalue weighted by atomic mass is 9.99. The summed E-state index contributed by atoms with van der Waals surface area (Å²) in [5, 5.41) is 5.93. The van der Waals surface area contributed by atoms with Gasteiger partial charge in [0, 0.05) is 52.8 Å². The summed E-state index contributed by atoms with van der Waals surface area (Å²) >= 11 is 1.77. The van der Waals surface area contributed by atoms with Crippen molar-refractivity contribution in [3.8, 4) is 39.9 Å².